The van der Waals surface area contributed by atoms with E-state index in [0.717, 1.165) is 5.56 Å². The van der Waals surface area contributed by atoms with Gasteiger partial charge in [0.25, 0.3) is 0 Å². The second kappa shape index (κ2) is 8.17. The first-order valence-electron chi connectivity index (χ1n) is 7.34. The molecule has 5 heteroatoms. The van der Waals surface area contributed by atoms with E-state index in [1.165, 1.54) is 36.4 Å². The molecule has 0 saturated heterocycles. The van der Waals surface area contributed by atoms with E-state index in [4.69, 9.17) is 0 Å². The highest BCUT2D eigenvalue weighted by molar-refractivity contribution is 5.97. The molecule has 0 aromatic heterocycles. The van der Waals surface area contributed by atoms with E-state index in [2.05, 4.69) is 5.32 Å². The largest absolute Gasteiger partial charge is 0.356 e. The fourth-order valence-corrected chi connectivity index (χ4v) is 2.09. The first-order chi connectivity index (χ1) is 11.0. The summed E-state index contributed by atoms with van der Waals surface area (Å²) in [7, 11) is 0. The van der Waals surface area contributed by atoms with Crippen molar-refractivity contribution in [1.29, 1.82) is 0 Å². The highest BCUT2D eigenvalue weighted by atomic mass is 19.1. The number of carbonyl (C=O) groups excluding carboxylic acids is 2. The van der Waals surface area contributed by atoms with Crippen molar-refractivity contribution >= 4 is 11.7 Å². The number of hydrogen-bond acceptors (Lipinski definition) is 2. The molecule has 0 aliphatic rings. The predicted molar refractivity (Wildman–Crippen MR) is 83.1 cm³/mol. The summed E-state index contributed by atoms with van der Waals surface area (Å²) in [5.41, 5.74) is 1.32. The Bertz CT molecular complexity index is 666. The summed E-state index contributed by atoms with van der Waals surface area (Å²) in [6.07, 6.45) is 0.756. The van der Waals surface area contributed by atoms with Crippen LogP contribution in [0.1, 0.15) is 28.8 Å². The van der Waals surface area contributed by atoms with E-state index in [1.54, 1.807) is 12.1 Å². The zero-order valence-corrected chi connectivity index (χ0v) is 12.5. The third kappa shape index (κ3) is 5.62. The van der Waals surface area contributed by atoms with Gasteiger partial charge in [0.05, 0.1) is 0 Å². The van der Waals surface area contributed by atoms with E-state index in [9.17, 15) is 18.4 Å². The van der Waals surface area contributed by atoms with Gasteiger partial charge in [-0.2, -0.15) is 0 Å². The Hall–Kier alpha value is -2.56. The lowest BCUT2D eigenvalue weighted by Gasteiger charge is -2.05. The standard InChI is InChI=1S/C18H17F2NO2/c19-15-5-1-13(2-6-15)11-12-21-18(23)10-9-17(22)14-3-7-16(20)8-4-14/h1-8H,9-12H2,(H,21,23). The third-order valence-electron chi connectivity index (χ3n) is 3.39. The van der Waals surface area contributed by atoms with Gasteiger partial charge in [-0.15, -0.1) is 0 Å². The van der Waals surface area contributed by atoms with E-state index in [0.29, 0.717) is 18.5 Å². The molecule has 2 rings (SSSR count). The summed E-state index contributed by atoms with van der Waals surface area (Å²) >= 11 is 0. The van der Waals surface area contributed by atoms with Crippen molar-refractivity contribution in [1.82, 2.24) is 5.32 Å². The zero-order valence-electron chi connectivity index (χ0n) is 12.5. The van der Waals surface area contributed by atoms with Crippen LogP contribution in [0.4, 0.5) is 8.78 Å². The SMILES string of the molecule is O=C(CCC(=O)c1ccc(F)cc1)NCCc1ccc(F)cc1. The summed E-state index contributed by atoms with van der Waals surface area (Å²) in [4.78, 5) is 23.5. The molecule has 0 heterocycles. The van der Waals surface area contributed by atoms with Gasteiger partial charge in [0, 0.05) is 24.9 Å². The Balaban J connectivity index is 1.69. The number of ketones is 1. The van der Waals surface area contributed by atoms with Crippen molar-refractivity contribution in [2.24, 2.45) is 0 Å². The van der Waals surface area contributed by atoms with Crippen molar-refractivity contribution in [3.05, 3.63) is 71.3 Å². The van der Waals surface area contributed by atoms with E-state index < -0.39 is 5.82 Å². The van der Waals surface area contributed by atoms with Crippen molar-refractivity contribution < 1.29 is 18.4 Å². The molecule has 2 aromatic rings. The molecule has 0 aliphatic carbocycles. The molecule has 1 N–H and O–H groups in total. The third-order valence-corrected chi connectivity index (χ3v) is 3.39. The van der Waals surface area contributed by atoms with Gasteiger partial charge >= 0.3 is 0 Å². The van der Waals surface area contributed by atoms with Crippen LogP contribution in [0.25, 0.3) is 0 Å². The molecule has 120 valence electrons. The van der Waals surface area contributed by atoms with E-state index >= 15 is 0 Å². The van der Waals surface area contributed by atoms with Crippen LogP contribution in [-0.2, 0) is 11.2 Å². The lowest BCUT2D eigenvalue weighted by Crippen LogP contribution is -2.26. The summed E-state index contributed by atoms with van der Waals surface area (Å²) in [6, 6.07) is 11.3. The first kappa shape index (κ1) is 16.8. The monoisotopic (exact) mass is 317 g/mol. The van der Waals surface area contributed by atoms with Gasteiger partial charge in [-0.25, -0.2) is 8.78 Å². The molecule has 0 bridgehead atoms. The number of Topliss-reactive ketones (excluding diaryl/α,β-unsaturated/α-hetero) is 1. The number of carbonyl (C=O) groups is 2. The Kier molecular flexibility index (Phi) is 5.97. The minimum absolute atomic E-state index is 0.0774. The van der Waals surface area contributed by atoms with E-state index in [1.807, 2.05) is 0 Å². The summed E-state index contributed by atoms with van der Waals surface area (Å²) < 4.78 is 25.5. The number of hydrogen-bond donors (Lipinski definition) is 1. The molecule has 0 radical (unpaired) electrons. The maximum Gasteiger partial charge on any atom is 0.220 e. The minimum atomic E-state index is -0.403. The number of amides is 1. The number of nitrogens with one attached hydrogen (secondary N) is 1. The smallest absolute Gasteiger partial charge is 0.220 e. The normalized spacial score (nSPS) is 10.3. The van der Waals surface area contributed by atoms with Gasteiger partial charge < -0.3 is 5.32 Å². The van der Waals surface area contributed by atoms with Crippen LogP contribution in [0.15, 0.2) is 48.5 Å². The van der Waals surface area contributed by atoms with Crippen molar-refractivity contribution in [3.8, 4) is 0 Å². The van der Waals surface area contributed by atoms with Crippen LogP contribution in [0, 0.1) is 11.6 Å². The molecule has 0 atom stereocenters. The molecular weight excluding hydrogens is 300 g/mol. The summed E-state index contributed by atoms with van der Waals surface area (Å²) in [5.74, 6) is -1.11. The summed E-state index contributed by atoms with van der Waals surface area (Å²) in [6.45, 7) is 0.426. The van der Waals surface area contributed by atoms with Crippen LogP contribution < -0.4 is 5.32 Å². The van der Waals surface area contributed by atoms with Crippen molar-refractivity contribution in [2.45, 2.75) is 19.3 Å². The molecular formula is C18H17F2NO2. The Labute approximate surface area is 133 Å². The van der Waals surface area contributed by atoms with Crippen LogP contribution in [0.3, 0.4) is 0 Å². The first-order valence-corrected chi connectivity index (χ1v) is 7.34. The summed E-state index contributed by atoms with van der Waals surface area (Å²) in [5, 5.41) is 2.72. The van der Waals surface area contributed by atoms with Gasteiger partial charge in [-0.1, -0.05) is 12.1 Å². The molecule has 0 fully saturated rings. The molecule has 0 saturated carbocycles. The fourth-order valence-electron chi connectivity index (χ4n) is 2.09. The van der Waals surface area contributed by atoms with Gasteiger partial charge in [-0.3, -0.25) is 9.59 Å². The maximum absolute atomic E-state index is 12.8. The number of benzene rings is 2. The Morgan fingerprint density at radius 3 is 2.00 bits per heavy atom. The van der Waals surface area contributed by atoms with Crippen LogP contribution in [-0.4, -0.2) is 18.2 Å². The topological polar surface area (TPSA) is 46.2 Å². The van der Waals surface area contributed by atoms with Gasteiger partial charge in [0.15, 0.2) is 5.78 Å². The van der Waals surface area contributed by atoms with Crippen LogP contribution >= 0.6 is 0 Å². The lowest BCUT2D eigenvalue weighted by atomic mass is 10.1. The molecule has 1 amide bonds. The quantitative estimate of drug-likeness (QED) is 0.797. The van der Waals surface area contributed by atoms with Crippen LogP contribution in [0.2, 0.25) is 0 Å². The predicted octanol–water partition coefficient (Wildman–Crippen LogP) is 3.29. The fraction of sp³-hybridized carbons (Fsp3) is 0.222. The molecule has 0 unspecified atom stereocenters. The molecule has 0 spiro atoms. The molecule has 2 aromatic carbocycles. The molecule has 23 heavy (non-hydrogen) atoms. The second-order valence-electron chi connectivity index (χ2n) is 5.16. The molecule has 0 aliphatic heterocycles. The highest BCUT2D eigenvalue weighted by Gasteiger charge is 2.09. The number of rotatable bonds is 7. The van der Waals surface area contributed by atoms with E-state index in [-0.39, 0.29) is 30.3 Å². The number of halogens is 2. The van der Waals surface area contributed by atoms with Crippen molar-refractivity contribution in [2.75, 3.05) is 6.54 Å². The van der Waals surface area contributed by atoms with Gasteiger partial charge in [0.1, 0.15) is 11.6 Å². The van der Waals surface area contributed by atoms with Crippen molar-refractivity contribution in [3.63, 3.8) is 0 Å². The average molecular weight is 317 g/mol. The Morgan fingerprint density at radius 2 is 1.39 bits per heavy atom. The van der Waals surface area contributed by atoms with Crippen LogP contribution in [0.5, 0.6) is 0 Å². The maximum atomic E-state index is 12.8. The Morgan fingerprint density at radius 1 is 0.826 bits per heavy atom. The highest BCUT2D eigenvalue weighted by Crippen LogP contribution is 2.07. The molecule has 3 nitrogen and oxygen atoms in total. The average Bonchev–Trinajstić information content (AvgIpc) is 2.55. The minimum Gasteiger partial charge on any atom is -0.356 e. The van der Waals surface area contributed by atoms with Gasteiger partial charge in [-0.05, 0) is 48.4 Å². The lowest BCUT2D eigenvalue weighted by molar-refractivity contribution is -0.121. The zero-order chi connectivity index (χ0) is 16.7. The second-order valence-corrected chi connectivity index (χ2v) is 5.16. The van der Waals surface area contributed by atoms with Gasteiger partial charge in [0.2, 0.25) is 5.91 Å².